The average Bonchev–Trinajstić information content (AvgIpc) is 2.15. The molecule has 1 aromatic rings. The second-order valence-electron chi connectivity index (χ2n) is 2.86. The number of nitrogens with one attached hydrogen (secondary N) is 1. The number of hydrogen-bond acceptors (Lipinski definition) is 3. The number of pyridine rings is 1. The Bertz CT molecular complexity index is 297. The molecule has 0 aliphatic carbocycles. The predicted octanol–water partition coefficient (Wildman–Crippen LogP) is 2.08. The molecule has 0 atom stereocenters. The van der Waals surface area contributed by atoms with Crippen LogP contribution >= 0.6 is 0 Å². The fourth-order valence-electron chi connectivity index (χ4n) is 0.923. The van der Waals surface area contributed by atoms with Gasteiger partial charge in [-0.25, -0.2) is 4.98 Å². The second-order valence-corrected chi connectivity index (χ2v) is 2.86. The molecule has 0 aromatic carbocycles. The number of ether oxygens (including phenoxy) is 1. The Morgan fingerprint density at radius 3 is 3.08 bits per heavy atom. The van der Waals surface area contributed by atoms with Gasteiger partial charge in [0.05, 0.1) is 7.11 Å². The van der Waals surface area contributed by atoms with E-state index in [2.05, 4.69) is 16.9 Å². The van der Waals surface area contributed by atoms with E-state index in [-0.39, 0.29) is 0 Å². The van der Waals surface area contributed by atoms with Crippen LogP contribution in [-0.2, 0) is 0 Å². The molecular weight excluding hydrogens is 164 g/mol. The smallest absolute Gasteiger partial charge is 0.168 e. The zero-order chi connectivity index (χ0) is 9.68. The maximum absolute atomic E-state index is 5.12. The Kier molecular flexibility index (Phi) is 3.31. The molecule has 1 N–H and O–H groups in total. The highest BCUT2D eigenvalue weighted by Gasteiger charge is 2.00. The van der Waals surface area contributed by atoms with Crippen LogP contribution in [0.3, 0.4) is 0 Å². The molecular formula is C10H14N2O. The van der Waals surface area contributed by atoms with E-state index in [4.69, 9.17) is 4.74 Å². The number of hydrogen-bond donors (Lipinski definition) is 1. The highest BCUT2D eigenvalue weighted by molar-refractivity contribution is 5.49. The Morgan fingerprint density at radius 2 is 2.46 bits per heavy atom. The van der Waals surface area contributed by atoms with E-state index >= 15 is 0 Å². The van der Waals surface area contributed by atoms with Gasteiger partial charge in [-0.15, -0.1) is 0 Å². The first-order valence-electron chi connectivity index (χ1n) is 4.11. The second kappa shape index (κ2) is 4.50. The maximum Gasteiger partial charge on any atom is 0.168 e. The van der Waals surface area contributed by atoms with Gasteiger partial charge in [0.25, 0.3) is 0 Å². The topological polar surface area (TPSA) is 34.2 Å². The van der Waals surface area contributed by atoms with Gasteiger partial charge in [0.15, 0.2) is 11.6 Å². The SMILES string of the molecule is C=C(C)CNc1ncccc1OC. The van der Waals surface area contributed by atoms with Crippen molar-refractivity contribution in [3.05, 3.63) is 30.5 Å². The van der Waals surface area contributed by atoms with Crippen LogP contribution in [0.4, 0.5) is 5.82 Å². The number of nitrogens with zero attached hydrogens (tertiary/aromatic N) is 1. The molecule has 1 heterocycles. The summed E-state index contributed by atoms with van der Waals surface area (Å²) in [5.74, 6) is 1.51. The molecule has 3 nitrogen and oxygen atoms in total. The molecule has 1 rings (SSSR count). The fraction of sp³-hybridized carbons (Fsp3) is 0.300. The standard InChI is InChI=1S/C10H14N2O/c1-8(2)7-12-10-9(13-3)5-4-6-11-10/h4-6H,1,7H2,2-3H3,(H,11,12). The van der Waals surface area contributed by atoms with Crippen molar-refractivity contribution >= 4 is 5.82 Å². The van der Waals surface area contributed by atoms with E-state index < -0.39 is 0 Å². The van der Waals surface area contributed by atoms with Gasteiger partial charge in [-0.05, 0) is 19.1 Å². The highest BCUT2D eigenvalue weighted by atomic mass is 16.5. The number of aromatic nitrogens is 1. The summed E-state index contributed by atoms with van der Waals surface area (Å²) in [7, 11) is 1.63. The largest absolute Gasteiger partial charge is 0.493 e. The quantitative estimate of drug-likeness (QED) is 0.717. The van der Waals surface area contributed by atoms with Crippen molar-refractivity contribution in [3.8, 4) is 5.75 Å². The van der Waals surface area contributed by atoms with Gasteiger partial charge < -0.3 is 10.1 Å². The van der Waals surface area contributed by atoms with Crippen LogP contribution in [0, 0.1) is 0 Å². The van der Waals surface area contributed by atoms with Crippen LogP contribution < -0.4 is 10.1 Å². The van der Waals surface area contributed by atoms with Crippen molar-refractivity contribution < 1.29 is 4.74 Å². The van der Waals surface area contributed by atoms with Gasteiger partial charge in [-0.3, -0.25) is 0 Å². The van der Waals surface area contributed by atoms with Crippen molar-refractivity contribution in [2.75, 3.05) is 19.0 Å². The third-order valence-corrected chi connectivity index (χ3v) is 1.55. The van der Waals surface area contributed by atoms with Crippen molar-refractivity contribution in [3.63, 3.8) is 0 Å². The molecule has 0 saturated carbocycles. The van der Waals surface area contributed by atoms with Crippen LogP contribution in [0.1, 0.15) is 6.92 Å². The van der Waals surface area contributed by atoms with Crippen molar-refractivity contribution in [2.24, 2.45) is 0 Å². The van der Waals surface area contributed by atoms with Crippen molar-refractivity contribution in [1.29, 1.82) is 0 Å². The van der Waals surface area contributed by atoms with Gasteiger partial charge >= 0.3 is 0 Å². The summed E-state index contributed by atoms with van der Waals surface area (Å²) in [5.41, 5.74) is 1.06. The zero-order valence-electron chi connectivity index (χ0n) is 8.00. The molecule has 0 aliphatic heterocycles. The van der Waals surface area contributed by atoms with Gasteiger partial charge in [0.1, 0.15) is 0 Å². The summed E-state index contributed by atoms with van der Waals surface area (Å²) < 4.78 is 5.12. The predicted molar refractivity (Wildman–Crippen MR) is 54.1 cm³/mol. The van der Waals surface area contributed by atoms with Crippen LogP contribution in [0.15, 0.2) is 30.5 Å². The minimum Gasteiger partial charge on any atom is -0.493 e. The third-order valence-electron chi connectivity index (χ3n) is 1.55. The molecule has 0 bridgehead atoms. The van der Waals surface area contributed by atoms with E-state index in [9.17, 15) is 0 Å². The van der Waals surface area contributed by atoms with Gasteiger partial charge in [-0.2, -0.15) is 0 Å². The van der Waals surface area contributed by atoms with Crippen molar-refractivity contribution in [1.82, 2.24) is 4.98 Å². The Morgan fingerprint density at radius 1 is 1.69 bits per heavy atom. The molecule has 0 spiro atoms. The van der Waals surface area contributed by atoms with E-state index in [1.165, 1.54) is 0 Å². The molecule has 70 valence electrons. The highest BCUT2D eigenvalue weighted by Crippen LogP contribution is 2.19. The van der Waals surface area contributed by atoms with Gasteiger partial charge in [0.2, 0.25) is 0 Å². The number of rotatable bonds is 4. The van der Waals surface area contributed by atoms with Crippen LogP contribution in [0.5, 0.6) is 5.75 Å². The molecule has 0 amide bonds. The van der Waals surface area contributed by atoms with Crippen molar-refractivity contribution in [2.45, 2.75) is 6.92 Å². The first-order chi connectivity index (χ1) is 6.24. The van der Waals surface area contributed by atoms with Crippen LogP contribution in [0.25, 0.3) is 0 Å². The molecule has 0 fully saturated rings. The monoisotopic (exact) mass is 178 g/mol. The average molecular weight is 178 g/mol. The minimum atomic E-state index is 0.716. The number of methoxy groups -OCH3 is 1. The fourth-order valence-corrected chi connectivity index (χ4v) is 0.923. The van der Waals surface area contributed by atoms with E-state index in [0.717, 1.165) is 17.1 Å². The number of anilines is 1. The van der Waals surface area contributed by atoms with E-state index in [1.807, 2.05) is 19.1 Å². The third kappa shape index (κ3) is 2.78. The lowest BCUT2D eigenvalue weighted by molar-refractivity contribution is 0.415. The Hall–Kier alpha value is -1.51. The molecule has 0 unspecified atom stereocenters. The summed E-state index contributed by atoms with van der Waals surface area (Å²) in [6.07, 6.45) is 1.73. The Balaban J connectivity index is 2.69. The molecule has 0 saturated heterocycles. The maximum atomic E-state index is 5.12. The van der Waals surface area contributed by atoms with E-state index in [0.29, 0.717) is 6.54 Å². The van der Waals surface area contributed by atoms with E-state index in [1.54, 1.807) is 13.3 Å². The molecule has 0 radical (unpaired) electrons. The summed E-state index contributed by atoms with van der Waals surface area (Å²) >= 11 is 0. The summed E-state index contributed by atoms with van der Waals surface area (Å²) in [4.78, 5) is 4.14. The van der Waals surface area contributed by atoms with Gasteiger partial charge in [0, 0.05) is 12.7 Å². The van der Waals surface area contributed by atoms with Crippen LogP contribution in [-0.4, -0.2) is 18.6 Å². The first kappa shape index (κ1) is 9.58. The summed E-state index contributed by atoms with van der Waals surface area (Å²) in [5, 5.41) is 3.13. The molecule has 0 aliphatic rings. The molecule has 3 heteroatoms. The Labute approximate surface area is 78.4 Å². The van der Waals surface area contributed by atoms with Crippen LogP contribution in [0.2, 0.25) is 0 Å². The van der Waals surface area contributed by atoms with Gasteiger partial charge in [-0.1, -0.05) is 12.2 Å². The lowest BCUT2D eigenvalue weighted by Crippen LogP contribution is -2.05. The minimum absolute atomic E-state index is 0.716. The lowest BCUT2D eigenvalue weighted by atomic mass is 10.3. The normalized spacial score (nSPS) is 9.38. The summed E-state index contributed by atoms with van der Waals surface area (Å²) in [6, 6.07) is 3.71. The lowest BCUT2D eigenvalue weighted by Gasteiger charge is -2.08. The first-order valence-corrected chi connectivity index (χ1v) is 4.11. The molecule has 1 aromatic heterocycles. The zero-order valence-corrected chi connectivity index (χ0v) is 8.00. The summed E-state index contributed by atoms with van der Waals surface area (Å²) in [6.45, 7) is 6.47. The molecule has 13 heavy (non-hydrogen) atoms.